The third-order valence-corrected chi connectivity index (χ3v) is 4.39. The maximum Gasteiger partial charge on any atom is 0.316 e. The summed E-state index contributed by atoms with van der Waals surface area (Å²) < 4.78 is 10.3. The van der Waals surface area contributed by atoms with Gasteiger partial charge >= 0.3 is 11.8 Å². The van der Waals surface area contributed by atoms with Crippen LogP contribution in [-0.4, -0.2) is 29.2 Å². The Balaban J connectivity index is 1.66. The molecule has 1 fully saturated rings. The van der Waals surface area contributed by atoms with Gasteiger partial charge in [-0.2, -0.15) is 4.98 Å². The fourth-order valence-electron chi connectivity index (χ4n) is 3.04. The predicted molar refractivity (Wildman–Crippen MR) is 89.9 cm³/mol. The molecule has 0 unspecified atom stereocenters. The smallest absolute Gasteiger partial charge is 0.316 e. The number of hydrogen-bond acceptors (Lipinski definition) is 5. The average molecular weight is 329 g/mol. The summed E-state index contributed by atoms with van der Waals surface area (Å²) in [4.78, 5) is 16.6. The van der Waals surface area contributed by atoms with E-state index in [2.05, 4.69) is 15.5 Å². The van der Waals surface area contributed by atoms with Gasteiger partial charge in [0, 0.05) is 11.6 Å². The van der Waals surface area contributed by atoms with Crippen LogP contribution in [0.2, 0.25) is 0 Å². The molecule has 0 saturated heterocycles. The predicted octanol–water partition coefficient (Wildman–Crippen LogP) is 3.59. The van der Waals surface area contributed by atoms with E-state index in [4.69, 9.17) is 9.26 Å². The molecule has 1 aliphatic carbocycles. The number of benzene rings is 1. The summed E-state index contributed by atoms with van der Waals surface area (Å²) >= 11 is 0. The van der Waals surface area contributed by atoms with Crippen molar-refractivity contribution in [3.8, 4) is 17.1 Å². The van der Waals surface area contributed by atoms with Gasteiger partial charge in [0.05, 0.1) is 7.11 Å². The van der Waals surface area contributed by atoms with Gasteiger partial charge in [0.1, 0.15) is 5.75 Å². The van der Waals surface area contributed by atoms with E-state index >= 15 is 0 Å². The van der Waals surface area contributed by atoms with E-state index in [-0.39, 0.29) is 17.8 Å². The van der Waals surface area contributed by atoms with Crippen LogP contribution in [0.1, 0.15) is 55.6 Å². The van der Waals surface area contributed by atoms with Crippen LogP contribution < -0.4 is 10.1 Å². The fourth-order valence-corrected chi connectivity index (χ4v) is 3.04. The number of nitrogens with one attached hydrogen (secondary N) is 1. The first kappa shape index (κ1) is 16.5. The van der Waals surface area contributed by atoms with Crippen LogP contribution in [0.3, 0.4) is 0 Å². The maximum atomic E-state index is 12.3. The SMILES string of the molecule is COc1cccc(-c2noc(C(=O)NC3CCCCCCC3)n2)c1. The monoisotopic (exact) mass is 329 g/mol. The minimum absolute atomic E-state index is 0.00915. The molecule has 6 heteroatoms. The number of nitrogens with zero attached hydrogens (tertiary/aromatic N) is 2. The Morgan fingerprint density at radius 3 is 2.71 bits per heavy atom. The first-order valence-electron chi connectivity index (χ1n) is 8.55. The number of carbonyl (C=O) groups excluding carboxylic acids is 1. The summed E-state index contributed by atoms with van der Waals surface area (Å²) in [6.07, 6.45) is 8.13. The minimum atomic E-state index is -0.290. The summed E-state index contributed by atoms with van der Waals surface area (Å²) in [5.74, 6) is 0.812. The molecule has 0 atom stereocenters. The molecule has 0 radical (unpaired) electrons. The molecule has 1 N–H and O–H groups in total. The van der Waals surface area contributed by atoms with E-state index < -0.39 is 0 Å². The van der Waals surface area contributed by atoms with Gasteiger partial charge < -0.3 is 14.6 Å². The molecule has 24 heavy (non-hydrogen) atoms. The molecular formula is C18H23N3O3. The van der Waals surface area contributed by atoms with Crippen molar-refractivity contribution < 1.29 is 14.1 Å². The molecule has 128 valence electrons. The van der Waals surface area contributed by atoms with Gasteiger partial charge in [-0.25, -0.2) is 0 Å². The lowest BCUT2D eigenvalue weighted by Gasteiger charge is -2.19. The topological polar surface area (TPSA) is 77.2 Å². The van der Waals surface area contributed by atoms with Gasteiger partial charge in [0.2, 0.25) is 5.82 Å². The van der Waals surface area contributed by atoms with Crippen LogP contribution in [-0.2, 0) is 0 Å². The molecule has 0 aliphatic heterocycles. The number of amides is 1. The van der Waals surface area contributed by atoms with Crippen molar-refractivity contribution in [3.63, 3.8) is 0 Å². The van der Waals surface area contributed by atoms with Crippen molar-refractivity contribution in [2.45, 2.75) is 51.0 Å². The van der Waals surface area contributed by atoms with Crippen molar-refractivity contribution in [2.75, 3.05) is 7.11 Å². The molecular weight excluding hydrogens is 306 g/mol. The van der Waals surface area contributed by atoms with Gasteiger partial charge in [-0.05, 0) is 25.0 Å². The minimum Gasteiger partial charge on any atom is -0.497 e. The normalized spacial score (nSPS) is 16.2. The Hall–Kier alpha value is -2.37. The molecule has 1 aromatic heterocycles. The van der Waals surface area contributed by atoms with Crippen molar-refractivity contribution in [3.05, 3.63) is 30.2 Å². The second-order valence-corrected chi connectivity index (χ2v) is 6.17. The molecule has 1 aliphatic rings. The van der Waals surface area contributed by atoms with Gasteiger partial charge in [0.25, 0.3) is 0 Å². The van der Waals surface area contributed by atoms with Crippen LogP contribution in [0.15, 0.2) is 28.8 Å². The second-order valence-electron chi connectivity index (χ2n) is 6.17. The van der Waals surface area contributed by atoms with E-state index in [1.54, 1.807) is 13.2 Å². The number of rotatable bonds is 4. The third-order valence-electron chi connectivity index (χ3n) is 4.39. The summed E-state index contributed by atoms with van der Waals surface area (Å²) in [5.41, 5.74) is 0.753. The van der Waals surface area contributed by atoms with Crippen molar-refractivity contribution in [1.82, 2.24) is 15.5 Å². The molecule has 6 nitrogen and oxygen atoms in total. The molecule has 1 heterocycles. The summed E-state index contributed by atoms with van der Waals surface area (Å²) in [5, 5.41) is 6.94. The highest BCUT2D eigenvalue weighted by Crippen LogP contribution is 2.21. The van der Waals surface area contributed by atoms with Crippen LogP contribution in [0.4, 0.5) is 0 Å². The molecule has 1 saturated carbocycles. The lowest BCUT2D eigenvalue weighted by atomic mass is 9.97. The van der Waals surface area contributed by atoms with Gasteiger partial charge in [0.15, 0.2) is 0 Å². The Morgan fingerprint density at radius 2 is 1.96 bits per heavy atom. The van der Waals surface area contributed by atoms with Crippen molar-refractivity contribution in [1.29, 1.82) is 0 Å². The quantitative estimate of drug-likeness (QED) is 0.927. The first-order valence-corrected chi connectivity index (χ1v) is 8.55. The summed E-state index contributed by atoms with van der Waals surface area (Å²) in [7, 11) is 1.60. The van der Waals surface area contributed by atoms with E-state index in [0.29, 0.717) is 11.6 Å². The van der Waals surface area contributed by atoms with E-state index in [9.17, 15) is 4.79 Å². The van der Waals surface area contributed by atoms with Crippen LogP contribution in [0, 0.1) is 0 Å². The molecule has 1 amide bonds. The van der Waals surface area contributed by atoms with Crippen molar-refractivity contribution in [2.24, 2.45) is 0 Å². The van der Waals surface area contributed by atoms with Crippen molar-refractivity contribution >= 4 is 5.91 Å². The fraction of sp³-hybridized carbons (Fsp3) is 0.500. The third kappa shape index (κ3) is 4.13. The highest BCUT2D eigenvalue weighted by Gasteiger charge is 2.20. The second kappa shape index (κ2) is 7.95. The average Bonchev–Trinajstić information content (AvgIpc) is 3.07. The highest BCUT2D eigenvalue weighted by molar-refractivity contribution is 5.90. The van der Waals surface area contributed by atoms with Crippen LogP contribution >= 0.6 is 0 Å². The Kier molecular flexibility index (Phi) is 5.46. The molecule has 0 spiro atoms. The number of methoxy groups -OCH3 is 1. The Morgan fingerprint density at radius 1 is 1.21 bits per heavy atom. The summed E-state index contributed by atoms with van der Waals surface area (Å²) in [6.45, 7) is 0. The zero-order valence-electron chi connectivity index (χ0n) is 14.0. The lowest BCUT2D eigenvalue weighted by Crippen LogP contribution is -2.35. The van der Waals surface area contributed by atoms with Gasteiger partial charge in [-0.15, -0.1) is 0 Å². The van der Waals surface area contributed by atoms with Gasteiger partial charge in [-0.3, -0.25) is 4.79 Å². The Labute approximate surface area is 141 Å². The van der Waals surface area contributed by atoms with E-state index in [0.717, 1.165) is 31.2 Å². The van der Waals surface area contributed by atoms with Crippen LogP contribution in [0.5, 0.6) is 5.75 Å². The zero-order valence-corrected chi connectivity index (χ0v) is 14.0. The largest absolute Gasteiger partial charge is 0.497 e. The summed E-state index contributed by atoms with van der Waals surface area (Å²) in [6, 6.07) is 7.54. The number of hydrogen-bond donors (Lipinski definition) is 1. The van der Waals surface area contributed by atoms with E-state index in [1.165, 1.54) is 19.3 Å². The first-order chi connectivity index (χ1) is 11.8. The highest BCUT2D eigenvalue weighted by atomic mass is 16.5. The lowest BCUT2D eigenvalue weighted by molar-refractivity contribution is 0.0886. The molecule has 3 rings (SSSR count). The molecule has 0 bridgehead atoms. The molecule has 2 aromatic rings. The van der Waals surface area contributed by atoms with Crippen LogP contribution in [0.25, 0.3) is 11.4 Å². The van der Waals surface area contributed by atoms with Gasteiger partial charge in [-0.1, -0.05) is 49.4 Å². The number of carbonyl (C=O) groups is 1. The molecule has 1 aromatic carbocycles. The standard InChI is InChI=1S/C18H23N3O3/c1-23-15-11-7-8-13(12-15)16-20-18(24-21-16)17(22)19-14-9-5-3-2-4-6-10-14/h7-8,11-12,14H,2-6,9-10H2,1H3,(H,19,22). The maximum absolute atomic E-state index is 12.3. The Bertz CT molecular complexity index is 676. The number of ether oxygens (including phenoxy) is 1. The zero-order chi connectivity index (χ0) is 16.8. The number of aromatic nitrogens is 2. The van der Waals surface area contributed by atoms with E-state index in [1.807, 2.05) is 18.2 Å².